The van der Waals surface area contributed by atoms with Crippen LogP contribution in [0.4, 0.5) is 4.39 Å². The number of aliphatic hydroxyl groups is 2. The van der Waals surface area contributed by atoms with Gasteiger partial charge in [0.2, 0.25) is 0 Å². The molecular weight excluding hydrogens is 219 g/mol. The van der Waals surface area contributed by atoms with Gasteiger partial charge < -0.3 is 14.9 Å². The van der Waals surface area contributed by atoms with E-state index in [1.807, 2.05) is 0 Å². The Morgan fingerprint density at radius 2 is 2.13 bits per heavy atom. The molecule has 0 radical (unpaired) electrons. The third-order valence-electron chi connectivity index (χ3n) is 2.07. The molecule has 1 rings (SSSR count). The number of thiol groups is 1. The fourth-order valence-electron chi connectivity index (χ4n) is 1.28. The van der Waals surface area contributed by atoms with Crippen molar-refractivity contribution in [2.45, 2.75) is 12.2 Å². The van der Waals surface area contributed by atoms with Crippen LogP contribution >= 0.6 is 12.6 Å². The number of methoxy groups -OCH3 is 1. The molecule has 15 heavy (non-hydrogen) atoms. The fraction of sp³-hybridized carbons (Fsp3) is 0.400. The summed E-state index contributed by atoms with van der Waals surface area (Å²) in [6.07, 6.45) is -2.25. The number of rotatable bonds is 4. The van der Waals surface area contributed by atoms with Crippen LogP contribution in [-0.4, -0.2) is 29.2 Å². The zero-order valence-corrected chi connectivity index (χ0v) is 9.12. The van der Waals surface area contributed by atoms with Gasteiger partial charge in [0.1, 0.15) is 6.10 Å². The van der Waals surface area contributed by atoms with Crippen molar-refractivity contribution >= 4 is 12.6 Å². The summed E-state index contributed by atoms with van der Waals surface area (Å²) in [5, 5.41) is 19.1. The van der Waals surface area contributed by atoms with Gasteiger partial charge in [-0.15, -0.1) is 0 Å². The van der Waals surface area contributed by atoms with E-state index in [1.165, 1.54) is 25.3 Å². The van der Waals surface area contributed by atoms with E-state index in [9.17, 15) is 14.6 Å². The zero-order valence-electron chi connectivity index (χ0n) is 8.22. The summed E-state index contributed by atoms with van der Waals surface area (Å²) in [6.45, 7) is 0. The lowest BCUT2D eigenvalue weighted by Gasteiger charge is -2.18. The third-order valence-corrected chi connectivity index (χ3v) is 2.45. The van der Waals surface area contributed by atoms with Crippen LogP contribution in [0.15, 0.2) is 18.2 Å². The van der Waals surface area contributed by atoms with Gasteiger partial charge in [-0.1, -0.05) is 12.1 Å². The van der Waals surface area contributed by atoms with Crippen molar-refractivity contribution in [3.05, 3.63) is 29.6 Å². The number of hydrogen-bond acceptors (Lipinski definition) is 4. The quantitative estimate of drug-likeness (QED) is 0.683. The highest BCUT2D eigenvalue weighted by Crippen LogP contribution is 2.29. The topological polar surface area (TPSA) is 49.7 Å². The number of ether oxygens (including phenoxy) is 1. The van der Waals surface area contributed by atoms with Gasteiger partial charge in [-0.25, -0.2) is 4.39 Å². The summed E-state index contributed by atoms with van der Waals surface area (Å²) >= 11 is 3.85. The highest BCUT2D eigenvalue weighted by Gasteiger charge is 2.22. The maximum absolute atomic E-state index is 13.2. The molecule has 0 heterocycles. The lowest BCUT2D eigenvalue weighted by molar-refractivity contribution is 0.0319. The molecule has 1 aromatic rings. The highest BCUT2D eigenvalue weighted by atomic mass is 32.1. The van der Waals surface area contributed by atoms with Crippen molar-refractivity contribution < 1.29 is 19.3 Å². The zero-order chi connectivity index (χ0) is 11.4. The van der Waals surface area contributed by atoms with E-state index in [0.717, 1.165) is 0 Å². The molecule has 0 aliphatic heterocycles. The molecule has 0 spiro atoms. The Bertz CT molecular complexity index is 332. The van der Waals surface area contributed by atoms with Gasteiger partial charge in [-0.3, -0.25) is 0 Å². The van der Waals surface area contributed by atoms with Crippen LogP contribution in [0.5, 0.6) is 5.75 Å². The molecule has 0 aliphatic rings. The SMILES string of the molecule is COc1c(F)cccc1C(O)C(O)CS. The van der Waals surface area contributed by atoms with E-state index in [-0.39, 0.29) is 17.1 Å². The van der Waals surface area contributed by atoms with Crippen LogP contribution in [0.25, 0.3) is 0 Å². The Labute approximate surface area is 92.9 Å². The average Bonchev–Trinajstić information content (AvgIpc) is 2.26. The number of benzene rings is 1. The predicted octanol–water partition coefficient (Wildman–Crippen LogP) is 1.16. The Hall–Kier alpha value is -0.780. The number of aliphatic hydroxyl groups excluding tert-OH is 2. The minimum atomic E-state index is -1.20. The average molecular weight is 232 g/mol. The van der Waals surface area contributed by atoms with Crippen LogP contribution in [0.1, 0.15) is 11.7 Å². The third kappa shape index (κ3) is 2.62. The van der Waals surface area contributed by atoms with E-state index >= 15 is 0 Å². The molecule has 0 amide bonds. The molecular formula is C10H13FO3S. The monoisotopic (exact) mass is 232 g/mol. The maximum Gasteiger partial charge on any atom is 0.165 e. The van der Waals surface area contributed by atoms with Gasteiger partial charge in [-0.2, -0.15) is 12.6 Å². The first-order valence-electron chi connectivity index (χ1n) is 4.41. The van der Waals surface area contributed by atoms with E-state index < -0.39 is 18.0 Å². The summed E-state index contributed by atoms with van der Waals surface area (Å²) in [7, 11) is 1.31. The molecule has 84 valence electrons. The van der Waals surface area contributed by atoms with Gasteiger partial charge in [0.25, 0.3) is 0 Å². The summed E-state index contributed by atoms with van der Waals surface area (Å²) in [5.74, 6) is -0.535. The normalized spacial score (nSPS) is 14.7. The standard InChI is InChI=1S/C10H13FO3S/c1-14-10-6(3-2-4-7(10)11)9(13)8(12)5-15/h2-4,8-9,12-13,15H,5H2,1H3. The fourth-order valence-corrected chi connectivity index (χ4v) is 1.48. The largest absolute Gasteiger partial charge is 0.493 e. The van der Waals surface area contributed by atoms with Gasteiger partial charge in [0.05, 0.1) is 13.2 Å². The summed E-state index contributed by atoms with van der Waals surface area (Å²) in [4.78, 5) is 0. The van der Waals surface area contributed by atoms with E-state index in [1.54, 1.807) is 0 Å². The Kier molecular flexibility index (Phi) is 4.38. The van der Waals surface area contributed by atoms with Crippen LogP contribution in [0.2, 0.25) is 0 Å². The minimum absolute atomic E-state index is 0.0502. The highest BCUT2D eigenvalue weighted by molar-refractivity contribution is 7.80. The number of halogens is 1. The van der Waals surface area contributed by atoms with Gasteiger partial charge in [0, 0.05) is 11.3 Å². The predicted molar refractivity (Wildman–Crippen MR) is 57.8 cm³/mol. The molecule has 0 saturated carbocycles. The number of para-hydroxylation sites is 1. The van der Waals surface area contributed by atoms with Crippen molar-refractivity contribution in [3.63, 3.8) is 0 Å². The molecule has 0 aliphatic carbocycles. The molecule has 0 aromatic heterocycles. The molecule has 0 saturated heterocycles. The summed E-state index contributed by atoms with van der Waals surface area (Å²) < 4.78 is 18.1. The van der Waals surface area contributed by atoms with Crippen molar-refractivity contribution in [2.24, 2.45) is 0 Å². The van der Waals surface area contributed by atoms with Gasteiger partial charge >= 0.3 is 0 Å². The van der Waals surface area contributed by atoms with Gasteiger partial charge in [-0.05, 0) is 6.07 Å². The second kappa shape index (κ2) is 5.34. The van der Waals surface area contributed by atoms with E-state index in [2.05, 4.69) is 12.6 Å². The Morgan fingerprint density at radius 3 is 2.67 bits per heavy atom. The summed E-state index contributed by atoms with van der Waals surface area (Å²) in [6, 6.07) is 4.17. The van der Waals surface area contributed by atoms with Crippen molar-refractivity contribution in [1.82, 2.24) is 0 Å². The van der Waals surface area contributed by atoms with Crippen molar-refractivity contribution in [2.75, 3.05) is 12.9 Å². The molecule has 5 heteroatoms. The van der Waals surface area contributed by atoms with Crippen LogP contribution in [-0.2, 0) is 0 Å². The van der Waals surface area contributed by atoms with Crippen LogP contribution < -0.4 is 4.74 Å². The molecule has 1 aromatic carbocycles. The smallest absolute Gasteiger partial charge is 0.165 e. The first kappa shape index (κ1) is 12.3. The molecule has 2 N–H and O–H groups in total. The van der Waals surface area contributed by atoms with Crippen LogP contribution in [0, 0.1) is 5.82 Å². The molecule has 2 unspecified atom stereocenters. The van der Waals surface area contributed by atoms with E-state index in [0.29, 0.717) is 0 Å². The maximum atomic E-state index is 13.2. The van der Waals surface area contributed by atoms with E-state index in [4.69, 9.17) is 4.74 Å². The lowest BCUT2D eigenvalue weighted by Crippen LogP contribution is -2.20. The van der Waals surface area contributed by atoms with Crippen molar-refractivity contribution in [3.8, 4) is 5.75 Å². The Balaban J connectivity index is 3.07. The molecule has 0 bridgehead atoms. The first-order valence-corrected chi connectivity index (χ1v) is 5.04. The van der Waals surface area contributed by atoms with Crippen molar-refractivity contribution in [1.29, 1.82) is 0 Å². The lowest BCUT2D eigenvalue weighted by atomic mass is 10.0. The first-order chi connectivity index (χ1) is 7.11. The second-order valence-corrected chi connectivity index (χ2v) is 3.42. The molecule has 3 nitrogen and oxygen atoms in total. The summed E-state index contributed by atoms with van der Waals surface area (Å²) in [5.41, 5.74) is 0.221. The second-order valence-electron chi connectivity index (χ2n) is 3.06. The Morgan fingerprint density at radius 1 is 1.47 bits per heavy atom. The minimum Gasteiger partial charge on any atom is -0.493 e. The molecule has 0 fully saturated rings. The van der Waals surface area contributed by atoms with Gasteiger partial charge in [0.15, 0.2) is 11.6 Å². The number of hydrogen-bond donors (Lipinski definition) is 3. The molecule has 2 atom stereocenters. The van der Waals surface area contributed by atoms with Crippen LogP contribution in [0.3, 0.4) is 0 Å².